The SMILES string of the molecule is O=S1C=CON=C1c1cccs1. The Morgan fingerprint density at radius 3 is 3.17 bits per heavy atom. The molecule has 1 atom stereocenters. The Hall–Kier alpha value is -0.940. The van der Waals surface area contributed by atoms with Gasteiger partial charge in [-0.3, -0.25) is 0 Å². The Balaban J connectivity index is 2.36. The van der Waals surface area contributed by atoms with Crippen LogP contribution in [0.3, 0.4) is 0 Å². The molecular formula is C7H5NO2S2. The topological polar surface area (TPSA) is 38.7 Å². The highest BCUT2D eigenvalue weighted by atomic mass is 32.2. The van der Waals surface area contributed by atoms with Crippen molar-refractivity contribution in [3.63, 3.8) is 0 Å². The minimum absolute atomic E-state index is 0.493. The second-order valence-electron chi connectivity index (χ2n) is 2.05. The normalized spacial score (nSPS) is 21.7. The Bertz CT molecular complexity index is 353. The molecule has 0 aromatic carbocycles. The number of oxime groups is 1. The van der Waals surface area contributed by atoms with Crippen LogP contribution in [0.15, 0.2) is 34.3 Å². The van der Waals surface area contributed by atoms with E-state index in [0.29, 0.717) is 5.04 Å². The highest BCUT2D eigenvalue weighted by Gasteiger charge is 2.14. The highest BCUT2D eigenvalue weighted by molar-refractivity contribution is 8.04. The summed E-state index contributed by atoms with van der Waals surface area (Å²) in [5.41, 5.74) is 0. The third-order valence-electron chi connectivity index (χ3n) is 1.30. The van der Waals surface area contributed by atoms with Gasteiger partial charge < -0.3 is 4.84 Å². The van der Waals surface area contributed by atoms with Gasteiger partial charge in [0.1, 0.15) is 17.1 Å². The number of thiophene rings is 1. The van der Waals surface area contributed by atoms with Gasteiger partial charge in [0, 0.05) is 5.41 Å². The van der Waals surface area contributed by atoms with Gasteiger partial charge in [0.2, 0.25) is 0 Å². The van der Waals surface area contributed by atoms with Crippen molar-refractivity contribution in [1.29, 1.82) is 0 Å². The summed E-state index contributed by atoms with van der Waals surface area (Å²) in [5, 5.41) is 7.57. The first-order valence-corrected chi connectivity index (χ1v) is 5.32. The average Bonchev–Trinajstić information content (AvgIpc) is 2.57. The number of nitrogens with zero attached hydrogens (tertiary/aromatic N) is 1. The van der Waals surface area contributed by atoms with E-state index >= 15 is 0 Å². The van der Waals surface area contributed by atoms with Crippen molar-refractivity contribution in [1.82, 2.24) is 0 Å². The van der Waals surface area contributed by atoms with Crippen LogP contribution >= 0.6 is 11.3 Å². The summed E-state index contributed by atoms with van der Waals surface area (Å²) in [7, 11) is -1.15. The molecule has 2 heterocycles. The van der Waals surface area contributed by atoms with Crippen molar-refractivity contribution < 1.29 is 9.05 Å². The maximum Gasteiger partial charge on any atom is 0.188 e. The summed E-state index contributed by atoms with van der Waals surface area (Å²) in [6, 6.07) is 3.75. The maximum absolute atomic E-state index is 11.3. The number of hydrogen-bond donors (Lipinski definition) is 0. The van der Waals surface area contributed by atoms with Gasteiger partial charge in [-0.05, 0) is 11.4 Å². The Labute approximate surface area is 75.8 Å². The van der Waals surface area contributed by atoms with Gasteiger partial charge in [-0.1, -0.05) is 11.2 Å². The summed E-state index contributed by atoms with van der Waals surface area (Å²) in [6.45, 7) is 0. The first-order chi connectivity index (χ1) is 5.88. The number of hydrogen-bond acceptors (Lipinski definition) is 4. The summed E-state index contributed by atoms with van der Waals surface area (Å²) < 4.78 is 11.3. The van der Waals surface area contributed by atoms with Crippen LogP contribution in [0, 0.1) is 0 Å². The molecule has 0 fully saturated rings. The van der Waals surface area contributed by atoms with E-state index in [-0.39, 0.29) is 0 Å². The van der Waals surface area contributed by atoms with Crippen molar-refractivity contribution in [3.8, 4) is 0 Å². The fourth-order valence-electron chi connectivity index (χ4n) is 0.799. The average molecular weight is 199 g/mol. The van der Waals surface area contributed by atoms with E-state index in [1.54, 1.807) is 0 Å². The van der Waals surface area contributed by atoms with Crippen LogP contribution in [0.5, 0.6) is 0 Å². The third kappa shape index (κ3) is 1.33. The quantitative estimate of drug-likeness (QED) is 0.690. The molecule has 62 valence electrons. The van der Waals surface area contributed by atoms with Crippen molar-refractivity contribution in [3.05, 3.63) is 34.1 Å². The van der Waals surface area contributed by atoms with Crippen LogP contribution in [0.4, 0.5) is 0 Å². The molecule has 0 bridgehead atoms. The van der Waals surface area contributed by atoms with Gasteiger partial charge in [-0.15, -0.1) is 11.3 Å². The lowest BCUT2D eigenvalue weighted by molar-refractivity contribution is 0.269. The van der Waals surface area contributed by atoms with Crippen molar-refractivity contribution in [2.75, 3.05) is 0 Å². The molecule has 1 aromatic heterocycles. The molecule has 1 aliphatic heterocycles. The predicted molar refractivity (Wildman–Crippen MR) is 49.2 cm³/mol. The number of rotatable bonds is 1. The van der Waals surface area contributed by atoms with Crippen LogP contribution in [0.1, 0.15) is 4.88 Å². The first kappa shape index (κ1) is 7.70. The van der Waals surface area contributed by atoms with Gasteiger partial charge in [-0.2, -0.15) is 0 Å². The maximum atomic E-state index is 11.3. The fourth-order valence-corrected chi connectivity index (χ4v) is 2.45. The van der Waals surface area contributed by atoms with Gasteiger partial charge in [-0.25, -0.2) is 4.21 Å². The molecule has 0 saturated heterocycles. The molecule has 1 unspecified atom stereocenters. The molecule has 2 rings (SSSR count). The molecule has 0 saturated carbocycles. The monoisotopic (exact) mass is 199 g/mol. The molecule has 3 nitrogen and oxygen atoms in total. The lowest BCUT2D eigenvalue weighted by Gasteiger charge is -2.02. The molecule has 5 heteroatoms. The van der Waals surface area contributed by atoms with Crippen LogP contribution in [-0.2, 0) is 15.6 Å². The van der Waals surface area contributed by atoms with E-state index in [1.807, 2.05) is 17.5 Å². The molecule has 0 spiro atoms. The van der Waals surface area contributed by atoms with Crippen LogP contribution < -0.4 is 0 Å². The van der Waals surface area contributed by atoms with Crippen molar-refractivity contribution >= 4 is 27.2 Å². The summed E-state index contributed by atoms with van der Waals surface area (Å²) in [6.07, 6.45) is 1.33. The second kappa shape index (κ2) is 3.20. The Kier molecular flexibility index (Phi) is 2.05. The second-order valence-corrected chi connectivity index (χ2v) is 4.25. The van der Waals surface area contributed by atoms with Gasteiger partial charge in [0.25, 0.3) is 0 Å². The zero-order chi connectivity index (χ0) is 8.39. The van der Waals surface area contributed by atoms with E-state index in [9.17, 15) is 4.21 Å². The van der Waals surface area contributed by atoms with Gasteiger partial charge in [0.15, 0.2) is 5.04 Å². The molecule has 0 N–H and O–H groups in total. The molecule has 0 radical (unpaired) electrons. The highest BCUT2D eigenvalue weighted by Crippen LogP contribution is 2.15. The van der Waals surface area contributed by atoms with Gasteiger partial charge in [0.05, 0.1) is 4.88 Å². The third-order valence-corrected chi connectivity index (χ3v) is 3.34. The Morgan fingerprint density at radius 2 is 2.50 bits per heavy atom. The summed E-state index contributed by atoms with van der Waals surface area (Å²) >= 11 is 1.50. The van der Waals surface area contributed by atoms with E-state index in [0.717, 1.165) is 4.88 Å². The largest absolute Gasteiger partial charge is 0.363 e. The molecule has 12 heavy (non-hydrogen) atoms. The fraction of sp³-hybridized carbons (Fsp3) is 0. The molecule has 0 amide bonds. The minimum Gasteiger partial charge on any atom is -0.363 e. The standard InChI is InChI=1S/C7H5NO2S2/c9-12-5-3-10-8-7(12)6-2-1-4-11-6/h1-5H. The van der Waals surface area contributed by atoms with E-state index in [1.165, 1.54) is 23.0 Å². The van der Waals surface area contributed by atoms with E-state index in [2.05, 4.69) is 5.16 Å². The minimum atomic E-state index is -1.15. The van der Waals surface area contributed by atoms with Crippen molar-refractivity contribution in [2.24, 2.45) is 5.16 Å². The summed E-state index contributed by atoms with van der Waals surface area (Å²) in [5.74, 6) is 0. The zero-order valence-corrected chi connectivity index (χ0v) is 7.60. The molecule has 1 aromatic rings. The molecule has 1 aliphatic rings. The Morgan fingerprint density at radius 1 is 1.58 bits per heavy atom. The summed E-state index contributed by atoms with van der Waals surface area (Å²) in [4.78, 5) is 5.58. The lowest BCUT2D eigenvalue weighted by atomic mass is 10.5. The molecule has 0 aliphatic carbocycles. The van der Waals surface area contributed by atoms with Crippen molar-refractivity contribution in [2.45, 2.75) is 0 Å². The van der Waals surface area contributed by atoms with Crippen LogP contribution in [0.2, 0.25) is 0 Å². The zero-order valence-electron chi connectivity index (χ0n) is 5.97. The lowest BCUT2D eigenvalue weighted by Crippen LogP contribution is -2.08. The van der Waals surface area contributed by atoms with E-state index in [4.69, 9.17) is 4.84 Å². The molecular weight excluding hydrogens is 194 g/mol. The first-order valence-electron chi connectivity index (χ1n) is 3.23. The van der Waals surface area contributed by atoms with Crippen LogP contribution in [0.25, 0.3) is 0 Å². The predicted octanol–water partition coefficient (Wildman–Crippen LogP) is 1.66. The van der Waals surface area contributed by atoms with Gasteiger partial charge >= 0.3 is 0 Å². The van der Waals surface area contributed by atoms with E-state index < -0.39 is 10.8 Å². The van der Waals surface area contributed by atoms with Crippen LogP contribution in [-0.4, -0.2) is 9.25 Å². The smallest absolute Gasteiger partial charge is 0.188 e.